The smallest absolute Gasteiger partial charge is 0.336 e. The molecule has 0 radical (unpaired) electrons. The van der Waals surface area contributed by atoms with Crippen LogP contribution >= 0.6 is 0 Å². The molecule has 5 nitrogen and oxygen atoms in total. The molecule has 1 spiro atoms. The monoisotopic (exact) mass is 338 g/mol. The van der Waals surface area contributed by atoms with Crippen molar-refractivity contribution >= 4 is 11.7 Å². The first-order valence-corrected chi connectivity index (χ1v) is 8.91. The molecule has 1 aromatic rings. The van der Waals surface area contributed by atoms with Gasteiger partial charge in [-0.2, -0.15) is 0 Å². The van der Waals surface area contributed by atoms with E-state index >= 15 is 0 Å². The molecule has 1 aromatic carbocycles. The van der Waals surface area contributed by atoms with Crippen LogP contribution in [0.15, 0.2) is 47.2 Å². The Hall–Kier alpha value is -2.11. The summed E-state index contributed by atoms with van der Waals surface area (Å²) in [5.74, 6) is -0.626. The summed E-state index contributed by atoms with van der Waals surface area (Å²) in [6.45, 7) is 3.53. The minimum absolute atomic E-state index is 0.199. The fourth-order valence-electron chi connectivity index (χ4n) is 5.73. The molecule has 4 atom stereocenters. The quantitative estimate of drug-likeness (QED) is 0.604. The molecule has 130 valence electrons. The number of rotatable bonds is 1. The fraction of sp³-hybridized carbons (Fsp3) is 0.450. The van der Waals surface area contributed by atoms with E-state index in [1.54, 1.807) is 0 Å². The maximum Gasteiger partial charge on any atom is 0.336 e. The molecule has 4 aliphatic rings. The lowest BCUT2D eigenvalue weighted by Gasteiger charge is -2.51. The topological polar surface area (TPSA) is 61.8 Å². The first-order chi connectivity index (χ1) is 12.1. The van der Waals surface area contributed by atoms with Crippen LogP contribution in [-0.2, 0) is 14.9 Å². The molecular formula is C20H22N2O3. The number of aliphatic hydroxyl groups is 1. The van der Waals surface area contributed by atoms with Gasteiger partial charge in [-0.05, 0) is 30.5 Å². The molecule has 3 aliphatic heterocycles. The number of methoxy groups -OCH3 is 1. The van der Waals surface area contributed by atoms with Gasteiger partial charge in [0.2, 0.25) is 0 Å². The molecule has 0 saturated carbocycles. The number of esters is 1. The molecule has 0 unspecified atom stereocenters. The number of benzene rings is 1. The van der Waals surface area contributed by atoms with Crippen molar-refractivity contribution in [3.63, 3.8) is 0 Å². The molecule has 5 rings (SSSR count). The Bertz CT molecular complexity index is 843. The molecule has 2 saturated heterocycles. The summed E-state index contributed by atoms with van der Waals surface area (Å²) in [6.07, 6.45) is 2.44. The normalized spacial score (nSPS) is 36.9. The number of hydrogen-bond acceptors (Lipinski definition) is 5. The first kappa shape index (κ1) is 15.2. The minimum Gasteiger partial charge on any atom is -0.466 e. The van der Waals surface area contributed by atoms with Crippen LogP contribution < -0.4 is 5.32 Å². The average molecular weight is 338 g/mol. The Balaban J connectivity index is 1.87. The van der Waals surface area contributed by atoms with Gasteiger partial charge in [0.05, 0.1) is 24.2 Å². The summed E-state index contributed by atoms with van der Waals surface area (Å²) in [5.41, 5.74) is 4.79. The van der Waals surface area contributed by atoms with Crippen LogP contribution in [-0.4, -0.2) is 48.3 Å². The lowest BCUT2D eigenvalue weighted by Crippen LogP contribution is -2.59. The number of aliphatic hydroxyl groups excluding tert-OH is 1. The number of fused-ring (bicyclic) bond motifs is 2. The standard InChI is InChI=1S/C20H22N2O3/c1-3-11-15-14(23)10-22-9-8-20(18(11)22)12-6-4-5-7-13(12)21-17(20)16(15)19(24)25-2/h3-7,14-15,18,21,23H,8-10H2,1-2H3/b11-3+/t14-,15+,18+,20+/m0/s1. The van der Waals surface area contributed by atoms with Crippen LogP contribution in [0.25, 0.3) is 0 Å². The largest absolute Gasteiger partial charge is 0.466 e. The van der Waals surface area contributed by atoms with Crippen LogP contribution in [0.5, 0.6) is 0 Å². The number of para-hydroxylation sites is 1. The van der Waals surface area contributed by atoms with Crippen LogP contribution in [0.3, 0.4) is 0 Å². The van der Waals surface area contributed by atoms with Crippen molar-refractivity contribution in [1.29, 1.82) is 0 Å². The third-order valence-electron chi connectivity index (χ3n) is 6.54. The third-order valence-corrected chi connectivity index (χ3v) is 6.54. The number of allylic oxidation sites excluding steroid dienone is 1. The van der Waals surface area contributed by atoms with Crippen LogP contribution in [0, 0.1) is 5.92 Å². The predicted molar refractivity (Wildman–Crippen MR) is 94.0 cm³/mol. The van der Waals surface area contributed by atoms with Crippen molar-refractivity contribution in [1.82, 2.24) is 4.90 Å². The number of carbonyl (C=O) groups is 1. The van der Waals surface area contributed by atoms with Crippen molar-refractivity contribution in [2.75, 3.05) is 25.5 Å². The predicted octanol–water partition coefficient (Wildman–Crippen LogP) is 1.80. The number of anilines is 1. The second-order valence-corrected chi connectivity index (χ2v) is 7.40. The highest BCUT2D eigenvalue weighted by atomic mass is 16.5. The van der Waals surface area contributed by atoms with Crippen molar-refractivity contribution in [2.45, 2.75) is 30.9 Å². The fourth-order valence-corrected chi connectivity index (χ4v) is 5.73. The zero-order valence-corrected chi connectivity index (χ0v) is 14.5. The van der Waals surface area contributed by atoms with Crippen LogP contribution in [0.1, 0.15) is 18.9 Å². The maximum absolute atomic E-state index is 12.8. The summed E-state index contributed by atoms with van der Waals surface area (Å²) < 4.78 is 5.14. The van der Waals surface area contributed by atoms with Gasteiger partial charge in [0.25, 0.3) is 0 Å². The van der Waals surface area contributed by atoms with Gasteiger partial charge in [0.1, 0.15) is 0 Å². The highest BCUT2D eigenvalue weighted by molar-refractivity contribution is 5.95. The van der Waals surface area contributed by atoms with Crippen molar-refractivity contribution in [3.8, 4) is 0 Å². The molecule has 0 aromatic heterocycles. The average Bonchev–Trinajstić information content (AvgIpc) is 3.18. The Labute approximate surface area is 147 Å². The summed E-state index contributed by atoms with van der Waals surface area (Å²) in [6, 6.07) is 8.53. The highest BCUT2D eigenvalue weighted by Crippen LogP contribution is 2.62. The Kier molecular flexibility index (Phi) is 3.01. The SMILES string of the molecule is C/C=C1\[C@H]2C(C(=O)OC)=C3Nc4ccccc4[C@]34CCN(C[C@@H]2O)[C@H]14. The van der Waals surface area contributed by atoms with E-state index in [1.807, 2.05) is 13.0 Å². The van der Waals surface area contributed by atoms with Crippen molar-refractivity contribution in [3.05, 3.63) is 52.7 Å². The van der Waals surface area contributed by atoms with Crippen molar-refractivity contribution in [2.24, 2.45) is 5.92 Å². The summed E-state index contributed by atoms with van der Waals surface area (Å²) in [7, 11) is 1.42. The van der Waals surface area contributed by atoms with E-state index in [0.29, 0.717) is 12.1 Å². The number of hydrogen-bond donors (Lipinski definition) is 2. The van der Waals surface area contributed by atoms with E-state index in [-0.39, 0.29) is 23.3 Å². The molecule has 1 aliphatic carbocycles. The maximum atomic E-state index is 12.8. The second kappa shape index (κ2) is 4.96. The van der Waals surface area contributed by atoms with Gasteiger partial charge in [0.15, 0.2) is 0 Å². The van der Waals surface area contributed by atoms with Gasteiger partial charge >= 0.3 is 5.97 Å². The Morgan fingerprint density at radius 2 is 2.24 bits per heavy atom. The highest BCUT2D eigenvalue weighted by Gasteiger charge is 2.64. The second-order valence-electron chi connectivity index (χ2n) is 7.40. The van der Waals surface area contributed by atoms with Gasteiger partial charge in [0, 0.05) is 36.4 Å². The number of ether oxygens (including phenoxy) is 1. The zero-order valence-electron chi connectivity index (χ0n) is 14.5. The summed E-state index contributed by atoms with van der Waals surface area (Å²) in [5, 5.41) is 14.4. The zero-order chi connectivity index (χ0) is 17.3. The van der Waals surface area contributed by atoms with Gasteiger partial charge in [-0.25, -0.2) is 4.79 Å². The number of piperidine rings is 1. The molecule has 25 heavy (non-hydrogen) atoms. The van der Waals surface area contributed by atoms with Gasteiger partial charge in [-0.15, -0.1) is 0 Å². The third kappa shape index (κ3) is 1.63. The molecule has 3 heterocycles. The Morgan fingerprint density at radius 3 is 3.00 bits per heavy atom. The molecule has 2 bridgehead atoms. The molecule has 0 amide bonds. The number of nitrogens with one attached hydrogen (secondary N) is 1. The Morgan fingerprint density at radius 1 is 1.44 bits per heavy atom. The molecule has 5 heteroatoms. The lowest BCUT2D eigenvalue weighted by molar-refractivity contribution is -0.137. The van der Waals surface area contributed by atoms with E-state index in [9.17, 15) is 9.90 Å². The summed E-state index contributed by atoms with van der Waals surface area (Å²) >= 11 is 0. The van der Waals surface area contributed by atoms with E-state index in [1.165, 1.54) is 12.7 Å². The van der Waals surface area contributed by atoms with Crippen molar-refractivity contribution < 1.29 is 14.6 Å². The minimum atomic E-state index is -0.592. The molecular weight excluding hydrogens is 316 g/mol. The first-order valence-electron chi connectivity index (χ1n) is 8.91. The van der Waals surface area contributed by atoms with E-state index in [4.69, 9.17) is 4.74 Å². The van der Waals surface area contributed by atoms with Gasteiger partial charge in [-0.1, -0.05) is 24.3 Å². The summed E-state index contributed by atoms with van der Waals surface area (Å²) in [4.78, 5) is 15.2. The van der Waals surface area contributed by atoms with E-state index in [2.05, 4.69) is 34.5 Å². The lowest BCUT2D eigenvalue weighted by atomic mass is 9.60. The van der Waals surface area contributed by atoms with E-state index < -0.39 is 6.10 Å². The molecule has 2 N–H and O–H groups in total. The van der Waals surface area contributed by atoms with Crippen LogP contribution in [0.4, 0.5) is 5.69 Å². The number of carbonyl (C=O) groups excluding carboxylic acids is 1. The molecule has 2 fully saturated rings. The van der Waals surface area contributed by atoms with Gasteiger partial charge < -0.3 is 15.2 Å². The number of nitrogens with zero attached hydrogens (tertiary/aromatic N) is 1. The van der Waals surface area contributed by atoms with Crippen LogP contribution in [0.2, 0.25) is 0 Å². The van der Waals surface area contributed by atoms with Gasteiger partial charge in [-0.3, -0.25) is 4.90 Å². The van der Waals surface area contributed by atoms with E-state index in [0.717, 1.165) is 29.9 Å².